The Hall–Kier alpha value is -2.41. The zero-order chi connectivity index (χ0) is 21.1. The fourth-order valence-electron chi connectivity index (χ4n) is 3.71. The van der Waals surface area contributed by atoms with Crippen molar-refractivity contribution >= 4 is 27.3 Å². The smallest absolute Gasteiger partial charge is 0.264 e. The summed E-state index contributed by atoms with van der Waals surface area (Å²) in [6, 6.07) is 16.2. The summed E-state index contributed by atoms with van der Waals surface area (Å²) in [6.45, 7) is 5.41. The fraction of sp³-hybridized carbons (Fsp3) is 0.375. The lowest BCUT2D eigenvalue weighted by molar-refractivity contribution is -0.0203. The molecule has 0 radical (unpaired) electrons. The van der Waals surface area contributed by atoms with Crippen LogP contribution in [0.25, 0.3) is 10.1 Å². The molecule has 0 aliphatic carbocycles. The summed E-state index contributed by atoms with van der Waals surface area (Å²) in [6.07, 6.45) is -0.0870. The van der Waals surface area contributed by atoms with Crippen LogP contribution in [0.15, 0.2) is 48.5 Å². The Kier molecular flexibility index (Phi) is 6.37. The van der Waals surface area contributed by atoms with Crippen LogP contribution in [-0.2, 0) is 4.74 Å². The van der Waals surface area contributed by atoms with Gasteiger partial charge in [-0.3, -0.25) is 4.79 Å². The molecule has 3 aromatic rings. The number of likely N-dealkylation sites (N-methyl/N-ethyl adjacent to an activating group) is 2. The monoisotopic (exact) mass is 424 g/mol. The quantitative estimate of drug-likeness (QED) is 0.590. The maximum atomic E-state index is 13.4. The van der Waals surface area contributed by atoms with Gasteiger partial charge < -0.3 is 19.3 Å². The molecule has 1 saturated heterocycles. The largest absolute Gasteiger partial charge is 0.492 e. The van der Waals surface area contributed by atoms with Crippen LogP contribution in [0, 0.1) is 6.92 Å². The zero-order valence-corrected chi connectivity index (χ0v) is 18.6. The maximum absolute atomic E-state index is 13.4. The third kappa shape index (κ3) is 4.51. The molecule has 6 heteroatoms. The van der Waals surface area contributed by atoms with Gasteiger partial charge in [0.25, 0.3) is 5.91 Å². The highest BCUT2D eigenvalue weighted by Gasteiger charge is 2.29. The van der Waals surface area contributed by atoms with Crippen molar-refractivity contribution in [3.05, 3.63) is 64.5 Å². The molecule has 0 bridgehead atoms. The third-order valence-corrected chi connectivity index (χ3v) is 6.66. The summed E-state index contributed by atoms with van der Waals surface area (Å²) in [7, 11) is 3.93. The Labute approximate surface area is 181 Å². The molecule has 1 aliphatic heterocycles. The van der Waals surface area contributed by atoms with Crippen molar-refractivity contribution in [2.75, 3.05) is 46.9 Å². The zero-order valence-electron chi connectivity index (χ0n) is 17.8. The van der Waals surface area contributed by atoms with Crippen molar-refractivity contribution in [2.24, 2.45) is 0 Å². The number of carbonyl (C=O) groups excluding carboxylic acids is 1. The van der Waals surface area contributed by atoms with Gasteiger partial charge in [0.2, 0.25) is 0 Å². The van der Waals surface area contributed by atoms with Crippen LogP contribution in [0.2, 0.25) is 0 Å². The van der Waals surface area contributed by atoms with E-state index >= 15 is 0 Å². The van der Waals surface area contributed by atoms with Crippen molar-refractivity contribution in [2.45, 2.75) is 13.0 Å². The van der Waals surface area contributed by atoms with Gasteiger partial charge in [0.05, 0.1) is 24.1 Å². The second kappa shape index (κ2) is 9.16. The van der Waals surface area contributed by atoms with Gasteiger partial charge in [-0.1, -0.05) is 35.9 Å². The van der Waals surface area contributed by atoms with Crippen molar-refractivity contribution in [1.29, 1.82) is 0 Å². The number of fused-ring (bicyclic) bond motifs is 1. The summed E-state index contributed by atoms with van der Waals surface area (Å²) in [4.78, 5) is 18.1. The van der Waals surface area contributed by atoms with Crippen molar-refractivity contribution in [3.63, 3.8) is 0 Å². The average Bonchev–Trinajstić information content (AvgIpc) is 3.14. The van der Waals surface area contributed by atoms with E-state index < -0.39 is 0 Å². The first-order chi connectivity index (χ1) is 14.5. The molecule has 1 fully saturated rings. The molecule has 0 spiro atoms. The van der Waals surface area contributed by atoms with E-state index in [0.717, 1.165) is 39.4 Å². The van der Waals surface area contributed by atoms with Gasteiger partial charge in [-0.2, -0.15) is 0 Å². The third-order valence-electron chi connectivity index (χ3n) is 5.48. The lowest BCUT2D eigenvalue weighted by Gasteiger charge is -2.31. The summed E-state index contributed by atoms with van der Waals surface area (Å²) in [5, 5.41) is 1.12. The number of thiophene rings is 1. The average molecular weight is 425 g/mol. The van der Waals surface area contributed by atoms with Crippen LogP contribution in [0.4, 0.5) is 0 Å². The van der Waals surface area contributed by atoms with E-state index in [9.17, 15) is 4.79 Å². The Balaban J connectivity index is 1.51. The Morgan fingerprint density at radius 2 is 2.00 bits per heavy atom. The summed E-state index contributed by atoms with van der Waals surface area (Å²) >= 11 is 1.56. The molecule has 1 atom stereocenters. The first kappa shape index (κ1) is 20.8. The van der Waals surface area contributed by atoms with Gasteiger partial charge >= 0.3 is 0 Å². The van der Waals surface area contributed by atoms with E-state index in [1.165, 1.54) is 5.56 Å². The Bertz CT molecular complexity index is 1010. The molecule has 0 saturated carbocycles. The molecule has 0 unspecified atom stereocenters. The van der Waals surface area contributed by atoms with Crippen molar-refractivity contribution in [3.8, 4) is 5.75 Å². The van der Waals surface area contributed by atoms with Crippen LogP contribution in [0.3, 0.4) is 0 Å². The number of rotatable bonds is 6. The molecule has 30 heavy (non-hydrogen) atoms. The number of morpholine rings is 1. The highest BCUT2D eigenvalue weighted by atomic mass is 32.1. The van der Waals surface area contributed by atoms with Crippen LogP contribution in [0.5, 0.6) is 5.75 Å². The molecular weight excluding hydrogens is 396 g/mol. The van der Waals surface area contributed by atoms with Gasteiger partial charge in [-0.05, 0) is 37.6 Å². The van der Waals surface area contributed by atoms with E-state index in [2.05, 4.69) is 24.1 Å². The van der Waals surface area contributed by atoms with Gasteiger partial charge in [0.15, 0.2) is 0 Å². The first-order valence-electron chi connectivity index (χ1n) is 10.3. The first-order valence-corrected chi connectivity index (χ1v) is 11.1. The van der Waals surface area contributed by atoms with E-state index in [4.69, 9.17) is 9.47 Å². The Morgan fingerprint density at radius 3 is 2.77 bits per heavy atom. The molecule has 4 rings (SSSR count). The lowest BCUT2D eigenvalue weighted by Crippen LogP contribution is -2.36. The molecule has 158 valence electrons. The molecule has 1 aromatic heterocycles. The number of benzene rings is 2. The molecule has 2 heterocycles. The summed E-state index contributed by atoms with van der Waals surface area (Å²) in [5.74, 6) is 0.846. The van der Waals surface area contributed by atoms with Gasteiger partial charge in [0.1, 0.15) is 12.4 Å². The summed E-state index contributed by atoms with van der Waals surface area (Å²) in [5.41, 5.74) is 2.22. The van der Waals surface area contributed by atoms with Gasteiger partial charge in [-0.25, -0.2) is 0 Å². The van der Waals surface area contributed by atoms with Gasteiger partial charge in [0, 0.05) is 30.4 Å². The number of hydrogen-bond acceptors (Lipinski definition) is 5. The van der Waals surface area contributed by atoms with Crippen LogP contribution in [0.1, 0.15) is 26.9 Å². The standard InChI is InChI=1S/C24H28N2O3S/c1-17-8-10-18(11-9-17)28-15-13-26(3)24(27)23-22(20-16-25(2)12-14-29-20)19-6-4-5-7-21(19)30-23/h4-11,20H,12-16H2,1-3H3/t20-/m1/s1. The van der Waals surface area contributed by atoms with E-state index in [0.29, 0.717) is 19.8 Å². The van der Waals surface area contributed by atoms with E-state index in [1.807, 2.05) is 50.4 Å². The predicted molar refractivity (Wildman–Crippen MR) is 122 cm³/mol. The molecule has 0 N–H and O–H groups in total. The number of carbonyl (C=O) groups is 1. The van der Waals surface area contributed by atoms with Crippen LogP contribution in [-0.4, -0.2) is 62.7 Å². The van der Waals surface area contributed by atoms with Crippen molar-refractivity contribution in [1.82, 2.24) is 9.80 Å². The van der Waals surface area contributed by atoms with Crippen molar-refractivity contribution < 1.29 is 14.3 Å². The van der Waals surface area contributed by atoms with E-state index in [1.54, 1.807) is 16.2 Å². The topological polar surface area (TPSA) is 42.0 Å². The molecule has 1 aliphatic rings. The van der Waals surface area contributed by atoms with Gasteiger partial charge in [-0.15, -0.1) is 11.3 Å². The second-order valence-electron chi connectivity index (χ2n) is 7.85. The normalized spacial score (nSPS) is 17.2. The van der Waals surface area contributed by atoms with E-state index in [-0.39, 0.29) is 12.0 Å². The number of hydrogen-bond donors (Lipinski definition) is 0. The number of amides is 1. The minimum Gasteiger partial charge on any atom is -0.492 e. The van der Waals surface area contributed by atoms with Crippen LogP contribution < -0.4 is 4.74 Å². The lowest BCUT2D eigenvalue weighted by atomic mass is 10.0. The SMILES string of the molecule is Cc1ccc(OCCN(C)C(=O)c2sc3ccccc3c2[C@H]2CN(C)CCO2)cc1. The number of ether oxygens (including phenoxy) is 2. The Morgan fingerprint density at radius 1 is 1.23 bits per heavy atom. The number of nitrogens with zero attached hydrogens (tertiary/aromatic N) is 2. The highest BCUT2D eigenvalue weighted by Crippen LogP contribution is 2.38. The summed E-state index contributed by atoms with van der Waals surface area (Å²) < 4.78 is 13.0. The minimum absolute atomic E-state index is 0.0236. The number of aryl methyl sites for hydroxylation is 1. The van der Waals surface area contributed by atoms with Crippen LogP contribution >= 0.6 is 11.3 Å². The molecule has 1 amide bonds. The molecular formula is C24H28N2O3S. The second-order valence-corrected chi connectivity index (χ2v) is 8.90. The fourth-order valence-corrected chi connectivity index (χ4v) is 4.96. The maximum Gasteiger partial charge on any atom is 0.264 e. The molecule has 2 aromatic carbocycles. The minimum atomic E-state index is -0.0870. The highest BCUT2D eigenvalue weighted by molar-refractivity contribution is 7.21. The predicted octanol–water partition coefficient (Wildman–Crippen LogP) is 4.36. The molecule has 5 nitrogen and oxygen atoms in total.